The first-order valence-corrected chi connectivity index (χ1v) is 10.4. The molecular formula is C15H23FIN3O2S2. The van der Waals surface area contributed by atoms with Crippen molar-refractivity contribution in [2.75, 3.05) is 30.3 Å². The highest BCUT2D eigenvalue weighted by molar-refractivity contribution is 14.0. The number of hydrogen-bond donors (Lipinski definition) is 2. The van der Waals surface area contributed by atoms with Crippen molar-refractivity contribution in [1.82, 2.24) is 10.6 Å². The highest BCUT2D eigenvalue weighted by atomic mass is 127. The zero-order valence-electron chi connectivity index (χ0n) is 13.5. The van der Waals surface area contributed by atoms with Crippen molar-refractivity contribution >= 4 is 51.5 Å². The van der Waals surface area contributed by atoms with Gasteiger partial charge in [0.25, 0.3) is 0 Å². The molecule has 1 heterocycles. The summed E-state index contributed by atoms with van der Waals surface area (Å²) in [6.07, 6.45) is 0.622. The van der Waals surface area contributed by atoms with Crippen molar-refractivity contribution in [3.05, 3.63) is 30.1 Å². The summed E-state index contributed by atoms with van der Waals surface area (Å²) in [6.45, 7) is 3.28. The van der Waals surface area contributed by atoms with Gasteiger partial charge in [-0.15, -0.1) is 35.7 Å². The van der Waals surface area contributed by atoms with Crippen LogP contribution < -0.4 is 10.6 Å². The lowest BCUT2D eigenvalue weighted by Gasteiger charge is -2.15. The van der Waals surface area contributed by atoms with E-state index in [-0.39, 0.29) is 47.3 Å². The number of hydrogen-bond acceptors (Lipinski definition) is 4. The molecule has 2 N–H and O–H groups in total. The zero-order valence-corrected chi connectivity index (χ0v) is 17.5. The van der Waals surface area contributed by atoms with Gasteiger partial charge in [0.2, 0.25) is 0 Å². The van der Waals surface area contributed by atoms with Gasteiger partial charge in [-0.05, 0) is 37.6 Å². The molecule has 1 aromatic rings. The molecule has 5 nitrogen and oxygen atoms in total. The van der Waals surface area contributed by atoms with Gasteiger partial charge in [-0.25, -0.2) is 12.8 Å². The van der Waals surface area contributed by atoms with E-state index < -0.39 is 9.84 Å². The third kappa shape index (κ3) is 7.56. The molecule has 0 saturated carbocycles. The topological polar surface area (TPSA) is 70.6 Å². The Kier molecular flexibility index (Phi) is 9.35. The largest absolute Gasteiger partial charge is 0.357 e. The van der Waals surface area contributed by atoms with Crippen molar-refractivity contribution < 1.29 is 12.8 Å². The Bertz CT molecular complexity index is 639. The van der Waals surface area contributed by atoms with Crippen LogP contribution in [0.15, 0.2) is 34.2 Å². The summed E-state index contributed by atoms with van der Waals surface area (Å²) in [4.78, 5) is 5.46. The molecule has 0 bridgehead atoms. The number of rotatable bonds is 6. The summed E-state index contributed by atoms with van der Waals surface area (Å²) < 4.78 is 35.8. The van der Waals surface area contributed by atoms with Crippen molar-refractivity contribution in [2.45, 2.75) is 24.3 Å². The van der Waals surface area contributed by atoms with Crippen molar-refractivity contribution in [3.63, 3.8) is 0 Å². The van der Waals surface area contributed by atoms with Crippen molar-refractivity contribution in [2.24, 2.45) is 4.99 Å². The van der Waals surface area contributed by atoms with Crippen LogP contribution in [0.25, 0.3) is 0 Å². The summed E-state index contributed by atoms with van der Waals surface area (Å²) in [5.41, 5.74) is 0. The van der Waals surface area contributed by atoms with E-state index >= 15 is 0 Å². The van der Waals surface area contributed by atoms with Gasteiger partial charge in [0.15, 0.2) is 15.8 Å². The average Bonchev–Trinajstić information content (AvgIpc) is 2.84. The van der Waals surface area contributed by atoms with E-state index in [0.717, 1.165) is 17.2 Å². The molecule has 2 rings (SSSR count). The first kappa shape index (κ1) is 21.5. The van der Waals surface area contributed by atoms with Crippen LogP contribution in [0.2, 0.25) is 0 Å². The van der Waals surface area contributed by atoms with Crippen LogP contribution >= 0.6 is 35.7 Å². The summed E-state index contributed by atoms with van der Waals surface area (Å²) in [7, 11) is -2.90. The summed E-state index contributed by atoms with van der Waals surface area (Å²) in [5, 5.41) is 6.31. The second-order valence-electron chi connectivity index (χ2n) is 5.31. The zero-order chi connectivity index (χ0) is 16.7. The second-order valence-corrected chi connectivity index (χ2v) is 8.70. The van der Waals surface area contributed by atoms with E-state index in [1.54, 1.807) is 23.9 Å². The Labute approximate surface area is 164 Å². The lowest BCUT2D eigenvalue weighted by atomic mass is 10.3. The maximum atomic E-state index is 12.8. The number of nitrogens with zero attached hydrogens (tertiary/aromatic N) is 1. The van der Waals surface area contributed by atoms with E-state index in [0.29, 0.717) is 18.9 Å². The molecule has 1 aliphatic heterocycles. The smallest absolute Gasteiger partial charge is 0.191 e. The van der Waals surface area contributed by atoms with Gasteiger partial charge in [-0.2, -0.15) is 0 Å². The van der Waals surface area contributed by atoms with Gasteiger partial charge < -0.3 is 10.6 Å². The van der Waals surface area contributed by atoms with Crippen LogP contribution in [0.3, 0.4) is 0 Å². The minimum atomic E-state index is -2.90. The number of thioether (sulfide) groups is 1. The van der Waals surface area contributed by atoms with Gasteiger partial charge in [-0.3, -0.25) is 4.99 Å². The fourth-order valence-electron chi connectivity index (χ4n) is 2.27. The molecule has 0 spiro atoms. The van der Waals surface area contributed by atoms with E-state index in [1.165, 1.54) is 12.1 Å². The average molecular weight is 487 g/mol. The molecule has 1 aromatic carbocycles. The van der Waals surface area contributed by atoms with E-state index in [9.17, 15) is 12.8 Å². The van der Waals surface area contributed by atoms with Crippen LogP contribution in [-0.4, -0.2) is 50.8 Å². The highest BCUT2D eigenvalue weighted by Gasteiger charge is 2.28. The molecule has 9 heteroatoms. The molecule has 24 heavy (non-hydrogen) atoms. The van der Waals surface area contributed by atoms with Gasteiger partial charge in [0, 0.05) is 23.2 Å². The summed E-state index contributed by atoms with van der Waals surface area (Å²) >= 11 is 1.61. The Balaban J connectivity index is 0.00000288. The number of guanidine groups is 1. The molecule has 1 unspecified atom stereocenters. The predicted octanol–water partition coefficient (Wildman–Crippen LogP) is 2.28. The van der Waals surface area contributed by atoms with Crippen LogP contribution in [0.4, 0.5) is 4.39 Å². The van der Waals surface area contributed by atoms with Crippen LogP contribution in [0.5, 0.6) is 0 Å². The predicted molar refractivity (Wildman–Crippen MR) is 109 cm³/mol. The highest BCUT2D eigenvalue weighted by Crippen LogP contribution is 2.17. The number of benzene rings is 1. The minimum Gasteiger partial charge on any atom is -0.357 e. The maximum Gasteiger partial charge on any atom is 0.191 e. The van der Waals surface area contributed by atoms with Gasteiger partial charge in [-0.1, -0.05) is 0 Å². The van der Waals surface area contributed by atoms with E-state index in [2.05, 4.69) is 15.6 Å². The summed E-state index contributed by atoms with van der Waals surface area (Å²) in [5.74, 6) is 1.59. The first-order chi connectivity index (χ1) is 11.0. The fourth-order valence-corrected chi connectivity index (χ4v) is 4.69. The molecule has 0 radical (unpaired) electrons. The van der Waals surface area contributed by atoms with E-state index in [4.69, 9.17) is 0 Å². The fraction of sp³-hybridized carbons (Fsp3) is 0.533. The molecule has 1 atom stereocenters. The molecule has 0 aromatic heterocycles. The third-order valence-electron chi connectivity index (χ3n) is 3.36. The molecule has 1 fully saturated rings. The monoisotopic (exact) mass is 487 g/mol. The Morgan fingerprint density at radius 2 is 2.08 bits per heavy atom. The number of halogens is 2. The van der Waals surface area contributed by atoms with Crippen LogP contribution in [-0.2, 0) is 9.84 Å². The standard InChI is InChI=1S/C15H22FN3O2S2.HI/c1-2-17-15(19-13-7-10-23(20,21)11-13)18-8-9-22-14-5-3-12(16)4-6-14;/h3-6,13H,2,7-11H2,1H3,(H2,17,18,19);1H. The lowest BCUT2D eigenvalue weighted by Crippen LogP contribution is -2.44. The Morgan fingerprint density at radius 1 is 1.38 bits per heavy atom. The van der Waals surface area contributed by atoms with Crippen LogP contribution in [0.1, 0.15) is 13.3 Å². The molecule has 0 aliphatic carbocycles. The van der Waals surface area contributed by atoms with Gasteiger partial charge in [0.05, 0.1) is 18.1 Å². The number of nitrogens with one attached hydrogen (secondary N) is 2. The number of aliphatic imine (C=N–C) groups is 1. The summed E-state index contributed by atoms with van der Waals surface area (Å²) in [6, 6.07) is 6.31. The SMILES string of the molecule is CCNC(=NCCSc1ccc(F)cc1)NC1CCS(=O)(=O)C1.I. The number of sulfone groups is 1. The van der Waals surface area contributed by atoms with Crippen molar-refractivity contribution in [3.8, 4) is 0 Å². The lowest BCUT2D eigenvalue weighted by molar-refractivity contribution is 0.599. The molecule has 1 saturated heterocycles. The maximum absolute atomic E-state index is 12.8. The Hall–Kier alpha value is -0.550. The minimum absolute atomic E-state index is 0. The van der Waals surface area contributed by atoms with E-state index in [1.807, 2.05) is 6.92 Å². The quantitative estimate of drug-likeness (QED) is 0.212. The van der Waals surface area contributed by atoms with Crippen LogP contribution in [0, 0.1) is 5.82 Å². The normalized spacial score (nSPS) is 19.6. The molecular weight excluding hydrogens is 464 g/mol. The second kappa shape index (κ2) is 10.4. The first-order valence-electron chi connectivity index (χ1n) is 7.62. The molecule has 136 valence electrons. The molecule has 0 amide bonds. The molecule has 1 aliphatic rings. The van der Waals surface area contributed by atoms with Gasteiger partial charge in [0.1, 0.15) is 5.82 Å². The Morgan fingerprint density at radius 3 is 2.67 bits per heavy atom. The third-order valence-corrected chi connectivity index (χ3v) is 6.12. The van der Waals surface area contributed by atoms with Crippen molar-refractivity contribution in [1.29, 1.82) is 0 Å². The van der Waals surface area contributed by atoms with Gasteiger partial charge >= 0.3 is 0 Å².